The zero-order chi connectivity index (χ0) is 13.4. The summed E-state index contributed by atoms with van der Waals surface area (Å²) in [7, 11) is 0. The van der Waals surface area contributed by atoms with E-state index in [1.807, 2.05) is 6.92 Å². The Hall–Kier alpha value is -1.71. The lowest BCUT2D eigenvalue weighted by molar-refractivity contribution is -0.143. The standard InChI is InChI=1S/C14H17FO3/c1-2-3-9-18-14(17)8-7-13(16)11-5-4-6-12(15)10-11/h4-6,10H,2-3,7-9H2,1H3. The lowest BCUT2D eigenvalue weighted by Crippen LogP contribution is -2.09. The minimum Gasteiger partial charge on any atom is -0.466 e. The molecular formula is C14H17FO3. The van der Waals surface area contributed by atoms with Crippen molar-refractivity contribution in [1.82, 2.24) is 0 Å². The fourth-order valence-corrected chi connectivity index (χ4v) is 1.42. The molecule has 0 spiro atoms. The van der Waals surface area contributed by atoms with Gasteiger partial charge in [-0.25, -0.2) is 4.39 Å². The molecule has 0 aromatic heterocycles. The van der Waals surface area contributed by atoms with Crippen LogP contribution in [0.15, 0.2) is 24.3 Å². The highest BCUT2D eigenvalue weighted by Gasteiger charge is 2.10. The molecule has 3 nitrogen and oxygen atoms in total. The van der Waals surface area contributed by atoms with Crippen LogP contribution in [0.4, 0.5) is 4.39 Å². The summed E-state index contributed by atoms with van der Waals surface area (Å²) < 4.78 is 17.8. The molecule has 0 aliphatic carbocycles. The van der Waals surface area contributed by atoms with Crippen molar-refractivity contribution < 1.29 is 18.7 Å². The zero-order valence-corrected chi connectivity index (χ0v) is 10.4. The van der Waals surface area contributed by atoms with Crippen LogP contribution in [0.3, 0.4) is 0 Å². The van der Waals surface area contributed by atoms with Crippen LogP contribution in [0.5, 0.6) is 0 Å². The molecule has 0 amide bonds. The van der Waals surface area contributed by atoms with E-state index in [-0.39, 0.29) is 30.2 Å². The quantitative estimate of drug-likeness (QED) is 0.425. The monoisotopic (exact) mass is 252 g/mol. The first kappa shape index (κ1) is 14.4. The van der Waals surface area contributed by atoms with Gasteiger partial charge in [0.15, 0.2) is 5.78 Å². The first-order valence-electron chi connectivity index (χ1n) is 6.08. The maximum absolute atomic E-state index is 12.9. The summed E-state index contributed by atoms with van der Waals surface area (Å²) in [5.41, 5.74) is 0.288. The topological polar surface area (TPSA) is 43.4 Å². The maximum atomic E-state index is 12.9. The van der Waals surface area contributed by atoms with Gasteiger partial charge in [-0.15, -0.1) is 0 Å². The van der Waals surface area contributed by atoms with Crippen molar-refractivity contribution in [3.8, 4) is 0 Å². The molecule has 0 unspecified atom stereocenters. The first-order valence-corrected chi connectivity index (χ1v) is 6.08. The number of rotatable bonds is 7. The molecule has 0 radical (unpaired) electrons. The van der Waals surface area contributed by atoms with Gasteiger partial charge in [0, 0.05) is 12.0 Å². The molecule has 0 heterocycles. The van der Waals surface area contributed by atoms with Gasteiger partial charge < -0.3 is 4.74 Å². The molecule has 0 fully saturated rings. The molecule has 98 valence electrons. The maximum Gasteiger partial charge on any atom is 0.306 e. The number of benzene rings is 1. The Balaban J connectivity index is 2.35. The van der Waals surface area contributed by atoms with Gasteiger partial charge in [0.2, 0.25) is 0 Å². The number of Topliss-reactive ketones (excluding diaryl/α,β-unsaturated/α-hetero) is 1. The van der Waals surface area contributed by atoms with Gasteiger partial charge >= 0.3 is 5.97 Å². The van der Waals surface area contributed by atoms with E-state index in [2.05, 4.69) is 0 Å². The van der Waals surface area contributed by atoms with Gasteiger partial charge in [0.1, 0.15) is 5.82 Å². The molecule has 0 saturated heterocycles. The van der Waals surface area contributed by atoms with Gasteiger partial charge in [-0.05, 0) is 18.6 Å². The molecule has 0 saturated carbocycles. The second-order valence-corrected chi connectivity index (χ2v) is 4.01. The van der Waals surface area contributed by atoms with Crippen molar-refractivity contribution in [1.29, 1.82) is 0 Å². The summed E-state index contributed by atoms with van der Waals surface area (Å²) in [4.78, 5) is 22.9. The smallest absolute Gasteiger partial charge is 0.306 e. The van der Waals surface area contributed by atoms with Crippen LogP contribution >= 0.6 is 0 Å². The average Bonchev–Trinajstić information content (AvgIpc) is 2.36. The van der Waals surface area contributed by atoms with Gasteiger partial charge in [0.25, 0.3) is 0 Å². The second-order valence-electron chi connectivity index (χ2n) is 4.01. The molecule has 1 aromatic rings. The van der Waals surface area contributed by atoms with Crippen molar-refractivity contribution in [3.63, 3.8) is 0 Å². The van der Waals surface area contributed by atoms with E-state index in [1.54, 1.807) is 0 Å². The summed E-state index contributed by atoms with van der Waals surface area (Å²) in [5, 5.41) is 0. The number of carbonyl (C=O) groups is 2. The molecule has 0 N–H and O–H groups in total. The van der Waals surface area contributed by atoms with Crippen LogP contribution in [0.1, 0.15) is 43.0 Å². The Morgan fingerprint density at radius 3 is 2.72 bits per heavy atom. The van der Waals surface area contributed by atoms with E-state index in [0.29, 0.717) is 6.61 Å². The SMILES string of the molecule is CCCCOC(=O)CCC(=O)c1cccc(F)c1. The molecule has 0 aliphatic rings. The lowest BCUT2D eigenvalue weighted by Gasteiger charge is -2.03. The highest BCUT2D eigenvalue weighted by Crippen LogP contribution is 2.08. The normalized spacial score (nSPS) is 10.1. The first-order chi connectivity index (χ1) is 8.63. The largest absolute Gasteiger partial charge is 0.466 e. The van der Waals surface area contributed by atoms with Crippen LogP contribution in [0.2, 0.25) is 0 Å². The van der Waals surface area contributed by atoms with Gasteiger partial charge in [-0.1, -0.05) is 25.5 Å². The van der Waals surface area contributed by atoms with Crippen LogP contribution in [0.25, 0.3) is 0 Å². The van der Waals surface area contributed by atoms with E-state index in [4.69, 9.17) is 4.74 Å². The predicted octanol–water partition coefficient (Wildman–Crippen LogP) is 3.13. The molecule has 1 aromatic carbocycles. The molecular weight excluding hydrogens is 235 g/mol. The van der Waals surface area contributed by atoms with E-state index in [1.165, 1.54) is 24.3 Å². The molecule has 18 heavy (non-hydrogen) atoms. The minimum absolute atomic E-state index is 0.0407. The Kier molecular flexibility index (Phi) is 6.05. The van der Waals surface area contributed by atoms with Gasteiger partial charge in [-0.3, -0.25) is 9.59 Å². The number of ketones is 1. The van der Waals surface area contributed by atoms with Crippen molar-refractivity contribution >= 4 is 11.8 Å². The molecule has 0 aliphatic heterocycles. The Bertz CT molecular complexity index is 415. The van der Waals surface area contributed by atoms with Crippen molar-refractivity contribution in [3.05, 3.63) is 35.6 Å². The molecule has 4 heteroatoms. The van der Waals surface area contributed by atoms with E-state index in [0.717, 1.165) is 12.8 Å². The summed E-state index contributed by atoms with van der Waals surface area (Å²) in [5.74, 6) is -1.08. The summed E-state index contributed by atoms with van der Waals surface area (Å²) in [6.45, 7) is 2.39. The predicted molar refractivity (Wildman–Crippen MR) is 65.8 cm³/mol. The average molecular weight is 252 g/mol. The van der Waals surface area contributed by atoms with Crippen molar-refractivity contribution in [2.24, 2.45) is 0 Å². The molecule has 0 bridgehead atoms. The third-order valence-corrected chi connectivity index (χ3v) is 2.46. The second kappa shape index (κ2) is 7.58. The van der Waals surface area contributed by atoms with Crippen molar-refractivity contribution in [2.45, 2.75) is 32.6 Å². The highest BCUT2D eigenvalue weighted by molar-refractivity contribution is 5.97. The van der Waals surface area contributed by atoms with E-state index < -0.39 is 5.82 Å². The van der Waals surface area contributed by atoms with Crippen molar-refractivity contribution in [2.75, 3.05) is 6.61 Å². The van der Waals surface area contributed by atoms with E-state index >= 15 is 0 Å². The fourth-order valence-electron chi connectivity index (χ4n) is 1.42. The number of hydrogen-bond acceptors (Lipinski definition) is 3. The zero-order valence-electron chi connectivity index (χ0n) is 10.4. The third kappa shape index (κ3) is 5.08. The minimum atomic E-state index is -0.452. The number of carbonyl (C=O) groups excluding carboxylic acids is 2. The summed E-state index contributed by atoms with van der Waals surface area (Å²) in [6.07, 6.45) is 1.87. The molecule has 0 atom stereocenters. The Morgan fingerprint density at radius 1 is 1.28 bits per heavy atom. The van der Waals surface area contributed by atoms with Crippen LogP contribution < -0.4 is 0 Å². The number of hydrogen-bond donors (Lipinski definition) is 0. The Morgan fingerprint density at radius 2 is 2.06 bits per heavy atom. The summed E-state index contributed by atoms with van der Waals surface area (Å²) in [6, 6.07) is 5.45. The Labute approximate surface area is 106 Å². The number of unbranched alkanes of at least 4 members (excludes halogenated alkanes) is 1. The van der Waals surface area contributed by atoms with Crippen LogP contribution in [-0.4, -0.2) is 18.4 Å². The fraction of sp³-hybridized carbons (Fsp3) is 0.429. The number of halogens is 1. The number of esters is 1. The van der Waals surface area contributed by atoms with Gasteiger partial charge in [0.05, 0.1) is 13.0 Å². The van der Waals surface area contributed by atoms with Crippen LogP contribution in [0, 0.1) is 5.82 Å². The van der Waals surface area contributed by atoms with Gasteiger partial charge in [-0.2, -0.15) is 0 Å². The molecule has 1 rings (SSSR count). The lowest BCUT2D eigenvalue weighted by atomic mass is 10.1. The van der Waals surface area contributed by atoms with E-state index in [9.17, 15) is 14.0 Å². The summed E-state index contributed by atoms with van der Waals surface area (Å²) >= 11 is 0. The number of ether oxygens (including phenoxy) is 1. The third-order valence-electron chi connectivity index (χ3n) is 2.46. The highest BCUT2D eigenvalue weighted by atomic mass is 19.1. The van der Waals surface area contributed by atoms with Crippen LogP contribution in [-0.2, 0) is 9.53 Å².